The Morgan fingerprint density at radius 3 is 2.47 bits per heavy atom. The van der Waals surface area contributed by atoms with E-state index in [0.717, 1.165) is 18.4 Å². The Kier molecular flexibility index (Phi) is 8.20. The summed E-state index contributed by atoms with van der Waals surface area (Å²) in [5, 5.41) is 8.82. The molecule has 1 aromatic carbocycles. The van der Waals surface area contributed by atoms with Crippen LogP contribution in [0.15, 0.2) is 30.8 Å². The number of hydrogen-bond acceptors (Lipinski definition) is 3. The lowest BCUT2D eigenvalue weighted by molar-refractivity contribution is 0.155. The monoisotopic (exact) mass is 237 g/mol. The molecule has 3 N–H and O–H groups in total. The zero-order valence-electron chi connectivity index (χ0n) is 10.1. The minimum atomic E-state index is -0.682. The molecule has 1 aromatic rings. The number of aromatic hydroxyl groups is 1. The first-order valence-corrected chi connectivity index (χ1v) is 5.43. The molecule has 94 valence electrons. The third-order valence-electron chi connectivity index (χ3n) is 1.87. The Bertz CT molecular complexity index is 333. The maximum Gasteiger partial charge on any atom is 0.404 e. The van der Waals surface area contributed by atoms with Gasteiger partial charge in [-0.1, -0.05) is 38.1 Å². The molecule has 0 heterocycles. The van der Waals surface area contributed by atoms with Gasteiger partial charge in [0.1, 0.15) is 5.75 Å². The number of phenols is 1. The first-order valence-electron chi connectivity index (χ1n) is 5.43. The molecule has 17 heavy (non-hydrogen) atoms. The highest BCUT2D eigenvalue weighted by molar-refractivity contribution is 5.64. The summed E-state index contributed by atoms with van der Waals surface area (Å²) in [5.74, 6) is 0.292. The highest BCUT2D eigenvalue weighted by Crippen LogP contribution is 2.09. The molecule has 0 aliphatic carbocycles. The second-order valence-corrected chi connectivity index (χ2v) is 3.32. The van der Waals surface area contributed by atoms with Gasteiger partial charge < -0.3 is 15.6 Å². The number of benzene rings is 1. The molecule has 0 unspecified atom stereocenters. The van der Waals surface area contributed by atoms with Crippen molar-refractivity contribution in [2.24, 2.45) is 5.73 Å². The summed E-state index contributed by atoms with van der Waals surface area (Å²) in [7, 11) is 0. The average molecular weight is 237 g/mol. The van der Waals surface area contributed by atoms with E-state index in [9.17, 15) is 4.79 Å². The predicted molar refractivity (Wildman–Crippen MR) is 68.6 cm³/mol. The van der Waals surface area contributed by atoms with Crippen LogP contribution in [0.1, 0.15) is 25.3 Å². The third kappa shape index (κ3) is 8.99. The summed E-state index contributed by atoms with van der Waals surface area (Å²) in [6.45, 7) is 6.05. The maximum absolute atomic E-state index is 9.87. The Morgan fingerprint density at radius 2 is 2.06 bits per heavy atom. The van der Waals surface area contributed by atoms with Gasteiger partial charge in [-0.3, -0.25) is 0 Å². The average Bonchev–Trinajstić information content (AvgIpc) is 2.31. The van der Waals surface area contributed by atoms with Crippen molar-refractivity contribution in [1.82, 2.24) is 0 Å². The van der Waals surface area contributed by atoms with Gasteiger partial charge in [-0.15, -0.1) is 0 Å². The lowest BCUT2D eigenvalue weighted by Gasteiger charge is -1.95. The molecule has 4 nitrogen and oxygen atoms in total. The molecule has 0 spiro atoms. The number of nitrogens with two attached hydrogens (primary N) is 1. The third-order valence-corrected chi connectivity index (χ3v) is 1.87. The van der Waals surface area contributed by atoms with Crippen molar-refractivity contribution in [3.05, 3.63) is 36.4 Å². The molecule has 0 atom stereocenters. The van der Waals surface area contributed by atoms with Crippen LogP contribution in [-0.4, -0.2) is 17.8 Å². The van der Waals surface area contributed by atoms with E-state index in [2.05, 4.69) is 17.0 Å². The maximum atomic E-state index is 9.87. The van der Waals surface area contributed by atoms with E-state index in [1.54, 1.807) is 18.2 Å². The second-order valence-electron chi connectivity index (χ2n) is 3.32. The van der Waals surface area contributed by atoms with Gasteiger partial charge in [-0.05, 0) is 24.1 Å². The van der Waals surface area contributed by atoms with Crippen LogP contribution in [0.3, 0.4) is 0 Å². The molecule has 0 saturated carbocycles. The van der Waals surface area contributed by atoms with E-state index in [1.165, 1.54) is 0 Å². The highest BCUT2D eigenvalue weighted by atomic mass is 16.5. The van der Waals surface area contributed by atoms with Gasteiger partial charge in [0.15, 0.2) is 0 Å². The Hall–Kier alpha value is -1.97. The molecule has 0 aliphatic heterocycles. The molecule has 0 radical (unpaired) electrons. The van der Waals surface area contributed by atoms with Gasteiger partial charge in [-0.25, -0.2) is 4.79 Å². The molecule has 0 aliphatic rings. The lowest BCUT2D eigenvalue weighted by atomic mass is 10.2. The van der Waals surface area contributed by atoms with Crippen molar-refractivity contribution >= 4 is 12.2 Å². The number of carbonyl (C=O) groups is 1. The van der Waals surface area contributed by atoms with E-state index < -0.39 is 6.09 Å². The molecule has 0 aromatic heterocycles. The molecule has 0 bridgehead atoms. The van der Waals surface area contributed by atoms with Crippen LogP contribution < -0.4 is 5.73 Å². The molecule has 4 heteroatoms. The second kappa shape index (κ2) is 9.27. The number of ether oxygens (including phenoxy) is 1. The summed E-state index contributed by atoms with van der Waals surface area (Å²) in [5.41, 5.74) is 5.69. The Balaban J connectivity index is 0.000000304. The summed E-state index contributed by atoms with van der Waals surface area (Å²) in [6, 6.07) is 6.89. The van der Waals surface area contributed by atoms with Crippen molar-refractivity contribution in [1.29, 1.82) is 0 Å². The molecule has 0 fully saturated rings. The zero-order valence-corrected chi connectivity index (χ0v) is 10.1. The van der Waals surface area contributed by atoms with Crippen molar-refractivity contribution in [2.45, 2.75) is 19.8 Å². The van der Waals surface area contributed by atoms with Crippen LogP contribution in [0, 0.1) is 0 Å². The minimum Gasteiger partial charge on any atom is -0.508 e. The van der Waals surface area contributed by atoms with Crippen molar-refractivity contribution in [3.63, 3.8) is 0 Å². The largest absolute Gasteiger partial charge is 0.508 e. The van der Waals surface area contributed by atoms with Crippen molar-refractivity contribution < 1.29 is 14.6 Å². The summed E-state index contributed by atoms with van der Waals surface area (Å²) in [6.07, 6.45) is 2.97. The number of phenolic OH excluding ortho intramolecular Hbond substituents is 1. The van der Waals surface area contributed by atoms with Crippen molar-refractivity contribution in [2.75, 3.05) is 6.61 Å². The summed E-state index contributed by atoms with van der Waals surface area (Å²) >= 11 is 0. The number of primary amides is 1. The van der Waals surface area contributed by atoms with Gasteiger partial charge in [0, 0.05) is 0 Å². The predicted octanol–water partition coefficient (Wildman–Crippen LogP) is 2.92. The number of rotatable bonds is 4. The fourth-order valence-electron chi connectivity index (χ4n) is 0.928. The first kappa shape index (κ1) is 15.0. The SMILES string of the molecule is C=Cc1ccc(O)cc1.CCCCOC(N)=O. The molecular formula is C13H19NO3. The van der Waals surface area contributed by atoms with Crippen LogP contribution >= 0.6 is 0 Å². The quantitative estimate of drug-likeness (QED) is 0.791. The first-order chi connectivity index (χ1) is 8.10. The number of amides is 1. The molecule has 1 amide bonds. The van der Waals surface area contributed by atoms with Crippen molar-refractivity contribution in [3.8, 4) is 5.75 Å². The fraction of sp³-hybridized carbons (Fsp3) is 0.308. The molecular weight excluding hydrogens is 218 g/mol. The van der Waals surface area contributed by atoms with Gasteiger partial charge in [-0.2, -0.15) is 0 Å². The van der Waals surface area contributed by atoms with E-state index in [0.29, 0.717) is 12.4 Å². The van der Waals surface area contributed by atoms with Crippen LogP contribution in [0.4, 0.5) is 4.79 Å². The van der Waals surface area contributed by atoms with Gasteiger partial charge in [0.05, 0.1) is 6.61 Å². The van der Waals surface area contributed by atoms with E-state index >= 15 is 0 Å². The Morgan fingerprint density at radius 1 is 1.47 bits per heavy atom. The van der Waals surface area contributed by atoms with E-state index in [1.807, 2.05) is 19.1 Å². The van der Waals surface area contributed by atoms with Crippen LogP contribution in [0.25, 0.3) is 6.08 Å². The lowest BCUT2D eigenvalue weighted by Crippen LogP contribution is -2.13. The van der Waals surface area contributed by atoms with Gasteiger partial charge in [0.2, 0.25) is 0 Å². The standard InChI is InChI=1S/C8H8O.C5H11NO2/c1-2-7-3-5-8(9)6-4-7;1-2-3-4-8-5(6)7/h2-6,9H,1H2;2-4H2,1H3,(H2,6,7). The smallest absolute Gasteiger partial charge is 0.404 e. The van der Waals surface area contributed by atoms with Gasteiger partial charge >= 0.3 is 6.09 Å². The van der Waals surface area contributed by atoms with E-state index in [4.69, 9.17) is 5.11 Å². The summed E-state index contributed by atoms with van der Waals surface area (Å²) < 4.78 is 4.42. The highest BCUT2D eigenvalue weighted by Gasteiger charge is 1.88. The zero-order chi connectivity index (χ0) is 13.1. The Labute approximate surface area is 102 Å². The van der Waals surface area contributed by atoms with Crippen LogP contribution in [-0.2, 0) is 4.74 Å². The molecule has 0 saturated heterocycles. The fourth-order valence-corrected chi connectivity index (χ4v) is 0.928. The number of hydrogen-bond donors (Lipinski definition) is 2. The topological polar surface area (TPSA) is 72.6 Å². The van der Waals surface area contributed by atoms with E-state index in [-0.39, 0.29) is 0 Å². The molecule has 1 rings (SSSR count). The minimum absolute atomic E-state index is 0.292. The normalized spacial score (nSPS) is 8.76. The van der Waals surface area contributed by atoms with Crippen LogP contribution in [0.5, 0.6) is 5.75 Å². The summed E-state index contributed by atoms with van der Waals surface area (Å²) in [4.78, 5) is 9.87. The number of unbranched alkanes of at least 4 members (excludes halogenated alkanes) is 1. The van der Waals surface area contributed by atoms with Gasteiger partial charge in [0.25, 0.3) is 0 Å². The number of carbonyl (C=O) groups excluding carboxylic acids is 1. The van der Waals surface area contributed by atoms with Crippen LogP contribution in [0.2, 0.25) is 0 Å².